The number of piperidine rings is 1. The van der Waals surface area contributed by atoms with Crippen LogP contribution in [0, 0.1) is 24.2 Å². The highest BCUT2D eigenvalue weighted by molar-refractivity contribution is 6.01. The number of nitriles is 1. The maximum Gasteiger partial charge on any atom is 0.167 e. The van der Waals surface area contributed by atoms with Gasteiger partial charge in [0, 0.05) is 23.6 Å². The fourth-order valence-corrected chi connectivity index (χ4v) is 3.34. The average Bonchev–Trinajstić information content (AvgIpc) is 2.45. The van der Waals surface area contributed by atoms with Crippen molar-refractivity contribution in [3.05, 3.63) is 34.9 Å². The predicted molar refractivity (Wildman–Crippen MR) is 74.5 cm³/mol. The quantitative estimate of drug-likeness (QED) is 0.833. The number of rotatable bonds is 2. The lowest BCUT2D eigenvalue weighted by Crippen LogP contribution is -2.55. The molecule has 0 amide bonds. The first-order valence-corrected chi connectivity index (χ1v) is 7.06. The Morgan fingerprint density at radius 2 is 2.05 bits per heavy atom. The number of ether oxygens (including phenoxy) is 1. The van der Waals surface area contributed by atoms with Crippen molar-refractivity contribution in [2.45, 2.75) is 31.8 Å². The summed E-state index contributed by atoms with van der Waals surface area (Å²) in [7, 11) is 0. The smallest absolute Gasteiger partial charge is 0.167 e. The second-order valence-electron chi connectivity index (χ2n) is 5.74. The highest BCUT2D eigenvalue weighted by Gasteiger charge is 2.36. The number of nitrogens with one attached hydrogen (secondary N) is 1. The van der Waals surface area contributed by atoms with Crippen molar-refractivity contribution >= 4 is 5.78 Å². The normalized spacial score (nSPS) is 28.7. The second kappa shape index (κ2) is 5.35. The molecule has 2 aliphatic heterocycles. The summed E-state index contributed by atoms with van der Waals surface area (Å²) >= 11 is 0. The first-order valence-electron chi connectivity index (χ1n) is 7.06. The second-order valence-corrected chi connectivity index (χ2v) is 5.74. The molecule has 2 aliphatic rings. The monoisotopic (exact) mass is 270 g/mol. The van der Waals surface area contributed by atoms with E-state index >= 15 is 0 Å². The van der Waals surface area contributed by atoms with Crippen LogP contribution >= 0.6 is 0 Å². The summed E-state index contributed by atoms with van der Waals surface area (Å²) < 4.78 is 5.51. The Labute approximate surface area is 118 Å². The van der Waals surface area contributed by atoms with Crippen molar-refractivity contribution in [1.82, 2.24) is 5.32 Å². The molecule has 104 valence electrons. The number of hydrogen-bond acceptors (Lipinski definition) is 4. The van der Waals surface area contributed by atoms with E-state index in [1.807, 2.05) is 19.1 Å². The Morgan fingerprint density at radius 3 is 2.70 bits per heavy atom. The zero-order chi connectivity index (χ0) is 14.1. The molecule has 0 radical (unpaired) electrons. The lowest BCUT2D eigenvalue weighted by atomic mass is 9.80. The van der Waals surface area contributed by atoms with Gasteiger partial charge in [-0.15, -0.1) is 0 Å². The SMILES string of the molecule is Cc1cccc(C#N)c1C(=O)C1CC2COCC(C1)N2. The molecule has 2 saturated heterocycles. The number of aryl methyl sites for hydroxylation is 1. The number of hydrogen-bond donors (Lipinski definition) is 1. The zero-order valence-electron chi connectivity index (χ0n) is 11.6. The molecule has 0 aromatic heterocycles. The lowest BCUT2D eigenvalue weighted by molar-refractivity contribution is 0.00951. The van der Waals surface area contributed by atoms with Gasteiger partial charge in [0.05, 0.1) is 24.8 Å². The third kappa shape index (κ3) is 2.35. The van der Waals surface area contributed by atoms with E-state index in [1.165, 1.54) is 0 Å². The summed E-state index contributed by atoms with van der Waals surface area (Å²) in [6.07, 6.45) is 1.60. The summed E-state index contributed by atoms with van der Waals surface area (Å²) in [6.45, 7) is 3.26. The molecule has 0 aliphatic carbocycles. The summed E-state index contributed by atoms with van der Waals surface area (Å²) in [5.41, 5.74) is 2.00. The molecule has 2 unspecified atom stereocenters. The Kier molecular flexibility index (Phi) is 3.56. The number of fused-ring (bicyclic) bond motifs is 2. The van der Waals surface area contributed by atoms with Gasteiger partial charge in [0.25, 0.3) is 0 Å². The van der Waals surface area contributed by atoms with Crippen LogP contribution in [0.3, 0.4) is 0 Å². The average molecular weight is 270 g/mol. The Bertz CT molecular complexity index is 564. The molecule has 4 heteroatoms. The van der Waals surface area contributed by atoms with Crippen LogP contribution in [-0.4, -0.2) is 31.1 Å². The number of carbonyl (C=O) groups excluding carboxylic acids is 1. The van der Waals surface area contributed by atoms with E-state index in [9.17, 15) is 10.1 Å². The minimum Gasteiger partial charge on any atom is -0.378 e. The van der Waals surface area contributed by atoms with Crippen molar-refractivity contribution in [2.75, 3.05) is 13.2 Å². The van der Waals surface area contributed by atoms with E-state index in [0.717, 1.165) is 18.4 Å². The van der Waals surface area contributed by atoms with E-state index in [1.54, 1.807) is 6.07 Å². The van der Waals surface area contributed by atoms with Crippen molar-refractivity contribution in [2.24, 2.45) is 5.92 Å². The first-order chi connectivity index (χ1) is 9.69. The molecule has 4 nitrogen and oxygen atoms in total. The molecule has 1 aromatic carbocycles. The Morgan fingerprint density at radius 1 is 1.35 bits per heavy atom. The molecule has 1 N–H and O–H groups in total. The number of benzene rings is 1. The van der Waals surface area contributed by atoms with Crippen molar-refractivity contribution in [1.29, 1.82) is 5.26 Å². The molecule has 2 fully saturated rings. The number of Topliss-reactive ketones (excluding diaryl/α,β-unsaturated/α-hetero) is 1. The topological polar surface area (TPSA) is 62.1 Å². The zero-order valence-corrected chi connectivity index (χ0v) is 11.6. The molecule has 2 atom stereocenters. The van der Waals surface area contributed by atoms with Crippen molar-refractivity contribution in [3.63, 3.8) is 0 Å². The molecule has 0 spiro atoms. The molecular formula is C16H18N2O2. The van der Waals surface area contributed by atoms with Crippen LogP contribution in [0.5, 0.6) is 0 Å². The molecule has 0 saturated carbocycles. The lowest BCUT2D eigenvalue weighted by Gasteiger charge is -2.39. The number of nitrogens with zero attached hydrogens (tertiary/aromatic N) is 1. The van der Waals surface area contributed by atoms with Gasteiger partial charge in [-0.2, -0.15) is 5.26 Å². The van der Waals surface area contributed by atoms with Crippen LogP contribution in [0.2, 0.25) is 0 Å². The largest absolute Gasteiger partial charge is 0.378 e. The summed E-state index contributed by atoms with van der Waals surface area (Å²) in [6, 6.07) is 8.14. The molecule has 20 heavy (non-hydrogen) atoms. The van der Waals surface area contributed by atoms with Gasteiger partial charge in [-0.1, -0.05) is 12.1 Å². The molecule has 1 aromatic rings. The van der Waals surface area contributed by atoms with E-state index in [-0.39, 0.29) is 23.8 Å². The predicted octanol–water partition coefficient (Wildman–Crippen LogP) is 1.82. The van der Waals surface area contributed by atoms with Crippen LogP contribution in [0.25, 0.3) is 0 Å². The van der Waals surface area contributed by atoms with Crippen molar-refractivity contribution < 1.29 is 9.53 Å². The van der Waals surface area contributed by atoms with Crippen LogP contribution < -0.4 is 5.32 Å². The van der Waals surface area contributed by atoms with Crippen molar-refractivity contribution in [3.8, 4) is 6.07 Å². The first kappa shape index (κ1) is 13.3. The van der Waals surface area contributed by atoms with Crippen LogP contribution in [0.4, 0.5) is 0 Å². The third-order valence-corrected chi connectivity index (χ3v) is 4.26. The van der Waals surface area contributed by atoms with E-state index in [2.05, 4.69) is 11.4 Å². The number of ketones is 1. The van der Waals surface area contributed by atoms with Gasteiger partial charge < -0.3 is 10.1 Å². The summed E-state index contributed by atoms with van der Waals surface area (Å²) in [5, 5.41) is 12.7. The maximum atomic E-state index is 12.8. The van der Waals surface area contributed by atoms with E-state index in [0.29, 0.717) is 24.3 Å². The Balaban J connectivity index is 1.88. The van der Waals surface area contributed by atoms with Gasteiger partial charge >= 0.3 is 0 Å². The molecule has 2 heterocycles. The standard InChI is InChI=1S/C16H18N2O2/c1-10-3-2-4-11(7-17)15(10)16(19)12-5-13-8-20-9-14(6-12)18-13/h2-4,12-14,18H,5-6,8-9H2,1H3. The molecule has 3 rings (SSSR count). The summed E-state index contributed by atoms with van der Waals surface area (Å²) in [5.74, 6) is 0.126. The van der Waals surface area contributed by atoms with Gasteiger partial charge in [0.1, 0.15) is 0 Å². The molecular weight excluding hydrogens is 252 g/mol. The summed E-state index contributed by atoms with van der Waals surface area (Å²) in [4.78, 5) is 12.8. The van der Waals surface area contributed by atoms with Crippen LogP contribution in [-0.2, 0) is 4.74 Å². The fraction of sp³-hybridized carbons (Fsp3) is 0.500. The minimum absolute atomic E-state index is 0.00310. The minimum atomic E-state index is 0.00310. The van der Waals surface area contributed by atoms with E-state index in [4.69, 9.17) is 4.74 Å². The van der Waals surface area contributed by atoms with Crippen LogP contribution in [0.15, 0.2) is 18.2 Å². The van der Waals surface area contributed by atoms with Gasteiger partial charge in [0.15, 0.2) is 5.78 Å². The van der Waals surface area contributed by atoms with E-state index < -0.39 is 0 Å². The van der Waals surface area contributed by atoms with Gasteiger partial charge in [0.2, 0.25) is 0 Å². The van der Waals surface area contributed by atoms with Crippen LogP contribution in [0.1, 0.15) is 34.3 Å². The number of morpholine rings is 1. The highest BCUT2D eigenvalue weighted by atomic mass is 16.5. The molecule has 2 bridgehead atoms. The maximum absolute atomic E-state index is 12.8. The van der Waals surface area contributed by atoms with Gasteiger partial charge in [-0.05, 0) is 31.4 Å². The van der Waals surface area contributed by atoms with Gasteiger partial charge in [-0.3, -0.25) is 4.79 Å². The number of carbonyl (C=O) groups is 1. The van der Waals surface area contributed by atoms with Gasteiger partial charge in [-0.25, -0.2) is 0 Å². The highest BCUT2D eigenvalue weighted by Crippen LogP contribution is 2.29. The fourth-order valence-electron chi connectivity index (χ4n) is 3.34. The Hall–Kier alpha value is -1.70. The third-order valence-electron chi connectivity index (χ3n) is 4.26.